The number of unbranched alkanes of at least 4 members (excludes halogenated alkanes) is 2. The Morgan fingerprint density at radius 2 is 2.16 bits per heavy atom. The van der Waals surface area contributed by atoms with E-state index >= 15 is 0 Å². The number of ether oxygens (including phenoxy) is 1. The van der Waals surface area contributed by atoms with Crippen molar-refractivity contribution in [2.75, 3.05) is 20.8 Å². The van der Waals surface area contributed by atoms with Crippen molar-refractivity contribution in [3.63, 3.8) is 0 Å². The number of aryl methyl sites for hydroxylation is 1. The molecule has 0 bridgehead atoms. The summed E-state index contributed by atoms with van der Waals surface area (Å²) in [4.78, 5) is 17.9. The van der Waals surface area contributed by atoms with Gasteiger partial charge in [-0.05, 0) is 37.5 Å². The molecule has 19 heavy (non-hydrogen) atoms. The molecule has 0 aromatic carbocycles. The molecule has 1 heterocycles. The van der Waals surface area contributed by atoms with Crippen LogP contribution in [0.1, 0.15) is 36.9 Å². The second kappa shape index (κ2) is 8.64. The molecule has 0 unspecified atom stereocenters. The highest BCUT2D eigenvalue weighted by molar-refractivity contribution is 5.75. The van der Waals surface area contributed by atoms with E-state index in [1.165, 1.54) is 0 Å². The molecule has 0 radical (unpaired) electrons. The quantitative estimate of drug-likeness (QED) is 0.678. The van der Waals surface area contributed by atoms with E-state index in [-0.39, 0.29) is 5.91 Å². The van der Waals surface area contributed by atoms with E-state index in [4.69, 9.17) is 4.74 Å². The number of carbonyl (C=O) groups is 1. The summed E-state index contributed by atoms with van der Waals surface area (Å²) in [5, 5.41) is 0. The number of aromatic nitrogens is 1. The summed E-state index contributed by atoms with van der Waals surface area (Å²) in [5.41, 5.74) is 2.11. The molecular formula is C15H24N2O2. The summed E-state index contributed by atoms with van der Waals surface area (Å²) in [6.45, 7) is 3.39. The maximum absolute atomic E-state index is 11.9. The summed E-state index contributed by atoms with van der Waals surface area (Å²) in [5.74, 6) is 0.201. The van der Waals surface area contributed by atoms with E-state index in [2.05, 4.69) is 4.98 Å². The van der Waals surface area contributed by atoms with Gasteiger partial charge in [0.2, 0.25) is 5.91 Å². The van der Waals surface area contributed by atoms with Gasteiger partial charge in [0.05, 0.1) is 0 Å². The number of hydrogen-bond donors (Lipinski definition) is 0. The van der Waals surface area contributed by atoms with Gasteiger partial charge in [0.15, 0.2) is 0 Å². The van der Waals surface area contributed by atoms with Gasteiger partial charge in [-0.3, -0.25) is 9.78 Å². The van der Waals surface area contributed by atoms with Crippen LogP contribution in [0.4, 0.5) is 0 Å². The number of nitrogens with zero attached hydrogens (tertiary/aromatic N) is 2. The minimum atomic E-state index is 0.201. The third kappa shape index (κ3) is 6.34. The number of rotatable bonds is 8. The van der Waals surface area contributed by atoms with E-state index in [1.54, 1.807) is 18.2 Å². The highest BCUT2D eigenvalue weighted by atomic mass is 16.5. The Morgan fingerprint density at radius 1 is 1.37 bits per heavy atom. The molecule has 0 aliphatic carbocycles. The van der Waals surface area contributed by atoms with Crippen LogP contribution in [0.2, 0.25) is 0 Å². The van der Waals surface area contributed by atoms with Crippen molar-refractivity contribution >= 4 is 5.91 Å². The van der Waals surface area contributed by atoms with Crippen molar-refractivity contribution < 1.29 is 9.53 Å². The van der Waals surface area contributed by atoms with Crippen LogP contribution in [0.3, 0.4) is 0 Å². The van der Waals surface area contributed by atoms with Gasteiger partial charge in [0, 0.05) is 45.6 Å². The largest absolute Gasteiger partial charge is 0.385 e. The van der Waals surface area contributed by atoms with Crippen LogP contribution in [0, 0.1) is 6.92 Å². The Bertz CT molecular complexity index is 393. The highest BCUT2D eigenvalue weighted by Crippen LogP contribution is 2.08. The third-order valence-electron chi connectivity index (χ3n) is 3.05. The Kier molecular flexibility index (Phi) is 7.11. The lowest BCUT2D eigenvalue weighted by Crippen LogP contribution is -2.25. The van der Waals surface area contributed by atoms with Crippen LogP contribution in [0.15, 0.2) is 18.3 Å². The molecule has 0 saturated heterocycles. The van der Waals surface area contributed by atoms with Crippen LogP contribution in [-0.4, -0.2) is 36.6 Å². The molecule has 0 fully saturated rings. The summed E-state index contributed by atoms with van der Waals surface area (Å²) in [7, 11) is 3.56. The number of pyridine rings is 1. The van der Waals surface area contributed by atoms with E-state index in [0.717, 1.165) is 37.1 Å². The van der Waals surface area contributed by atoms with E-state index < -0.39 is 0 Å². The topological polar surface area (TPSA) is 42.4 Å². The molecule has 0 aliphatic rings. The summed E-state index contributed by atoms with van der Waals surface area (Å²) >= 11 is 0. The fourth-order valence-electron chi connectivity index (χ4n) is 1.95. The highest BCUT2D eigenvalue weighted by Gasteiger charge is 2.08. The normalized spacial score (nSPS) is 10.5. The second-order valence-corrected chi connectivity index (χ2v) is 4.86. The summed E-state index contributed by atoms with van der Waals surface area (Å²) in [6.07, 6.45) is 5.40. The zero-order chi connectivity index (χ0) is 14.1. The Labute approximate surface area is 115 Å². The molecule has 0 aliphatic heterocycles. The first-order valence-electron chi connectivity index (χ1n) is 6.78. The molecule has 1 aromatic heterocycles. The second-order valence-electron chi connectivity index (χ2n) is 4.86. The van der Waals surface area contributed by atoms with E-state index in [9.17, 15) is 4.79 Å². The van der Waals surface area contributed by atoms with Crippen LogP contribution >= 0.6 is 0 Å². The lowest BCUT2D eigenvalue weighted by molar-refractivity contribution is -0.130. The minimum absolute atomic E-state index is 0.201. The summed E-state index contributed by atoms with van der Waals surface area (Å²) in [6, 6.07) is 3.97. The first-order valence-corrected chi connectivity index (χ1v) is 6.78. The molecular weight excluding hydrogens is 240 g/mol. The molecule has 1 rings (SSSR count). The molecule has 0 spiro atoms. The van der Waals surface area contributed by atoms with E-state index in [0.29, 0.717) is 13.0 Å². The zero-order valence-corrected chi connectivity index (χ0v) is 12.2. The van der Waals surface area contributed by atoms with Crippen molar-refractivity contribution in [1.29, 1.82) is 0 Å². The van der Waals surface area contributed by atoms with Gasteiger partial charge in [0.1, 0.15) is 0 Å². The predicted molar refractivity (Wildman–Crippen MR) is 75.8 cm³/mol. The Balaban J connectivity index is 2.28. The van der Waals surface area contributed by atoms with Crippen molar-refractivity contribution in [3.05, 3.63) is 29.6 Å². The first-order chi connectivity index (χ1) is 9.13. The van der Waals surface area contributed by atoms with Crippen LogP contribution in [0.25, 0.3) is 0 Å². The monoisotopic (exact) mass is 264 g/mol. The van der Waals surface area contributed by atoms with E-state index in [1.807, 2.05) is 26.1 Å². The SMILES string of the molecule is COCCCCCC(=O)N(C)Cc1ccnc(C)c1. The van der Waals surface area contributed by atoms with Gasteiger partial charge in [0.25, 0.3) is 0 Å². The molecule has 0 N–H and O–H groups in total. The number of amides is 1. The maximum atomic E-state index is 11.9. The first kappa shape index (κ1) is 15.6. The number of carbonyl (C=O) groups excluding carboxylic acids is 1. The Hall–Kier alpha value is -1.42. The van der Waals surface area contributed by atoms with Crippen molar-refractivity contribution in [2.24, 2.45) is 0 Å². The van der Waals surface area contributed by atoms with Gasteiger partial charge >= 0.3 is 0 Å². The zero-order valence-electron chi connectivity index (χ0n) is 12.2. The minimum Gasteiger partial charge on any atom is -0.385 e. The van der Waals surface area contributed by atoms with Crippen molar-refractivity contribution in [1.82, 2.24) is 9.88 Å². The molecule has 4 heteroatoms. The molecule has 1 aromatic rings. The predicted octanol–water partition coefficient (Wildman–Crippen LogP) is 2.56. The lowest BCUT2D eigenvalue weighted by Gasteiger charge is -2.17. The molecule has 106 valence electrons. The summed E-state index contributed by atoms with van der Waals surface area (Å²) < 4.78 is 4.99. The average molecular weight is 264 g/mol. The Morgan fingerprint density at radius 3 is 2.84 bits per heavy atom. The average Bonchev–Trinajstić information content (AvgIpc) is 2.38. The third-order valence-corrected chi connectivity index (χ3v) is 3.05. The van der Waals surface area contributed by atoms with Gasteiger partial charge in [-0.2, -0.15) is 0 Å². The number of hydrogen-bond acceptors (Lipinski definition) is 3. The van der Waals surface area contributed by atoms with Gasteiger partial charge in [-0.25, -0.2) is 0 Å². The fourth-order valence-corrected chi connectivity index (χ4v) is 1.95. The molecule has 4 nitrogen and oxygen atoms in total. The van der Waals surface area contributed by atoms with Crippen molar-refractivity contribution in [3.8, 4) is 0 Å². The van der Waals surface area contributed by atoms with Crippen molar-refractivity contribution in [2.45, 2.75) is 39.2 Å². The molecule has 1 amide bonds. The standard InChI is InChI=1S/C15H24N2O2/c1-13-11-14(8-9-16-13)12-17(2)15(18)7-5-4-6-10-19-3/h8-9,11H,4-7,10,12H2,1-3H3. The lowest BCUT2D eigenvalue weighted by atomic mass is 10.1. The van der Waals surface area contributed by atoms with Gasteiger partial charge in [-0.1, -0.05) is 6.42 Å². The van der Waals surface area contributed by atoms with Crippen LogP contribution in [0.5, 0.6) is 0 Å². The van der Waals surface area contributed by atoms with Crippen LogP contribution in [-0.2, 0) is 16.1 Å². The smallest absolute Gasteiger partial charge is 0.222 e. The van der Waals surface area contributed by atoms with Crippen LogP contribution < -0.4 is 0 Å². The number of methoxy groups -OCH3 is 1. The maximum Gasteiger partial charge on any atom is 0.222 e. The van der Waals surface area contributed by atoms with Gasteiger partial charge in [-0.15, -0.1) is 0 Å². The van der Waals surface area contributed by atoms with Gasteiger partial charge < -0.3 is 9.64 Å². The molecule has 0 atom stereocenters. The fraction of sp³-hybridized carbons (Fsp3) is 0.600. The molecule has 0 saturated carbocycles.